The molecule has 8 nitrogen and oxygen atoms in total. The molecule has 0 aliphatic heterocycles. The molecule has 0 aliphatic rings. The number of benzene rings is 4. The number of aromatic hydroxyl groups is 1. The van der Waals surface area contributed by atoms with Crippen molar-refractivity contribution >= 4 is 23.1 Å². The minimum absolute atomic E-state index is 0.294. The maximum absolute atomic E-state index is 13.2. The SMILES string of the molecule is CCOC(=O)c1ccc(-n2c(-c3ccccc3)cc(C=Nn3c(O)nc4ccccc4c3=O)c2-c2ccccc2)cc1. The lowest BCUT2D eigenvalue weighted by Gasteiger charge is -2.15. The first kappa shape index (κ1) is 26.5. The van der Waals surface area contributed by atoms with E-state index in [9.17, 15) is 14.7 Å². The third-order valence-corrected chi connectivity index (χ3v) is 6.83. The molecule has 0 bridgehead atoms. The number of fused-ring (bicyclic) bond motifs is 1. The Morgan fingerprint density at radius 1 is 0.881 bits per heavy atom. The van der Waals surface area contributed by atoms with Gasteiger partial charge >= 0.3 is 12.0 Å². The highest BCUT2D eigenvalue weighted by Crippen LogP contribution is 2.35. The molecule has 0 radical (unpaired) electrons. The van der Waals surface area contributed by atoms with Crippen molar-refractivity contribution in [2.75, 3.05) is 6.61 Å². The summed E-state index contributed by atoms with van der Waals surface area (Å²) in [4.78, 5) is 29.7. The van der Waals surface area contributed by atoms with Crippen LogP contribution < -0.4 is 5.56 Å². The fraction of sp³-hybridized carbons (Fsp3) is 0.0588. The van der Waals surface area contributed by atoms with Crippen molar-refractivity contribution in [3.05, 3.63) is 137 Å². The second-order valence-corrected chi connectivity index (χ2v) is 9.46. The molecule has 0 spiro atoms. The number of ether oxygens (including phenoxy) is 1. The summed E-state index contributed by atoms with van der Waals surface area (Å²) in [7, 11) is 0. The molecule has 42 heavy (non-hydrogen) atoms. The second kappa shape index (κ2) is 11.4. The van der Waals surface area contributed by atoms with Crippen LogP contribution in [0.1, 0.15) is 22.8 Å². The minimum atomic E-state index is -0.506. The molecule has 0 unspecified atom stereocenters. The van der Waals surface area contributed by atoms with Gasteiger partial charge in [0.2, 0.25) is 0 Å². The molecule has 1 N–H and O–H groups in total. The predicted molar refractivity (Wildman–Crippen MR) is 163 cm³/mol. The van der Waals surface area contributed by atoms with E-state index in [2.05, 4.69) is 14.7 Å². The minimum Gasteiger partial charge on any atom is -0.479 e. The van der Waals surface area contributed by atoms with E-state index in [0.717, 1.165) is 32.9 Å². The number of carbonyl (C=O) groups is 1. The molecule has 0 fully saturated rings. The van der Waals surface area contributed by atoms with E-state index >= 15 is 0 Å². The van der Waals surface area contributed by atoms with Crippen molar-refractivity contribution in [3.8, 4) is 34.2 Å². The zero-order valence-corrected chi connectivity index (χ0v) is 22.7. The van der Waals surface area contributed by atoms with E-state index < -0.39 is 11.6 Å². The van der Waals surface area contributed by atoms with Gasteiger partial charge in [-0.1, -0.05) is 72.8 Å². The predicted octanol–water partition coefficient (Wildman–Crippen LogP) is 6.29. The fourth-order valence-electron chi connectivity index (χ4n) is 4.91. The number of esters is 1. The summed E-state index contributed by atoms with van der Waals surface area (Å²) >= 11 is 0. The molecule has 0 saturated carbocycles. The zero-order valence-electron chi connectivity index (χ0n) is 22.7. The monoisotopic (exact) mass is 554 g/mol. The van der Waals surface area contributed by atoms with Crippen molar-refractivity contribution in [3.63, 3.8) is 0 Å². The maximum Gasteiger partial charge on any atom is 0.338 e. The molecule has 0 aliphatic carbocycles. The number of carbonyl (C=O) groups excluding carboxylic acids is 1. The Kier molecular flexibility index (Phi) is 7.17. The average molecular weight is 555 g/mol. The standard InChI is InChI=1S/C34H26N4O4/c1-2-42-33(40)25-17-19-27(20-18-25)37-30(23-11-5-3-6-12-23)21-26(31(37)24-13-7-4-8-14-24)22-35-38-32(39)28-15-9-10-16-29(28)36-34(38)41/h3-22H,2H2,1H3,(H,36,41). The summed E-state index contributed by atoms with van der Waals surface area (Å²) in [6, 6.07) is 35.2. The Balaban J connectivity index is 1.57. The van der Waals surface area contributed by atoms with Crippen LogP contribution in [-0.4, -0.2) is 38.1 Å². The summed E-state index contributed by atoms with van der Waals surface area (Å²) in [6.45, 7) is 2.07. The smallest absolute Gasteiger partial charge is 0.338 e. The lowest BCUT2D eigenvalue weighted by molar-refractivity contribution is 0.0526. The van der Waals surface area contributed by atoms with Gasteiger partial charge in [-0.15, -0.1) is 4.68 Å². The van der Waals surface area contributed by atoms with E-state index in [1.165, 1.54) is 0 Å². The number of nitrogens with zero attached hydrogens (tertiary/aromatic N) is 4. The van der Waals surface area contributed by atoms with Crippen LogP contribution in [-0.2, 0) is 4.74 Å². The van der Waals surface area contributed by atoms with E-state index in [4.69, 9.17) is 4.74 Å². The van der Waals surface area contributed by atoms with Crippen LogP contribution in [0, 0.1) is 0 Å². The largest absolute Gasteiger partial charge is 0.479 e. The van der Waals surface area contributed by atoms with Gasteiger partial charge in [0.05, 0.1) is 40.7 Å². The highest BCUT2D eigenvalue weighted by Gasteiger charge is 2.20. The molecule has 2 aromatic heterocycles. The normalized spacial score (nSPS) is 11.3. The third kappa shape index (κ3) is 4.97. The average Bonchev–Trinajstić information content (AvgIpc) is 3.41. The Bertz CT molecular complexity index is 1980. The van der Waals surface area contributed by atoms with E-state index in [0.29, 0.717) is 28.6 Å². The van der Waals surface area contributed by atoms with E-state index in [1.54, 1.807) is 49.5 Å². The van der Waals surface area contributed by atoms with Crippen LogP contribution in [0.4, 0.5) is 0 Å². The maximum atomic E-state index is 13.2. The topological polar surface area (TPSA) is 98.7 Å². The van der Waals surface area contributed by atoms with Crippen molar-refractivity contribution in [2.45, 2.75) is 6.92 Å². The Hall–Kier alpha value is -5.76. The number of aromatic nitrogens is 3. The molecule has 4 aromatic carbocycles. The summed E-state index contributed by atoms with van der Waals surface area (Å²) in [5, 5.41) is 15.3. The third-order valence-electron chi connectivity index (χ3n) is 6.83. The van der Waals surface area contributed by atoms with Crippen LogP contribution >= 0.6 is 0 Å². The van der Waals surface area contributed by atoms with Crippen molar-refractivity contribution in [1.29, 1.82) is 0 Å². The number of rotatable bonds is 7. The second-order valence-electron chi connectivity index (χ2n) is 9.46. The lowest BCUT2D eigenvalue weighted by Crippen LogP contribution is -2.17. The molecule has 2 heterocycles. The number of para-hydroxylation sites is 1. The van der Waals surface area contributed by atoms with Crippen molar-refractivity contribution in [1.82, 2.24) is 14.2 Å². The van der Waals surface area contributed by atoms with Gasteiger partial charge in [-0.3, -0.25) is 4.79 Å². The van der Waals surface area contributed by atoms with Crippen LogP contribution in [0.3, 0.4) is 0 Å². The number of hydrogen-bond donors (Lipinski definition) is 1. The van der Waals surface area contributed by atoms with Gasteiger partial charge in [0.1, 0.15) is 0 Å². The van der Waals surface area contributed by atoms with E-state index in [1.807, 2.05) is 78.9 Å². The Morgan fingerprint density at radius 2 is 1.52 bits per heavy atom. The highest BCUT2D eigenvalue weighted by atomic mass is 16.5. The molecular formula is C34H26N4O4. The van der Waals surface area contributed by atoms with Crippen molar-refractivity contribution < 1.29 is 14.6 Å². The fourth-order valence-corrected chi connectivity index (χ4v) is 4.91. The van der Waals surface area contributed by atoms with Gasteiger partial charge in [-0.25, -0.2) is 4.79 Å². The summed E-state index contributed by atoms with van der Waals surface area (Å²) in [6.07, 6.45) is 1.55. The molecule has 6 rings (SSSR count). The van der Waals surface area contributed by atoms with E-state index in [-0.39, 0.29) is 5.97 Å². The summed E-state index contributed by atoms with van der Waals surface area (Å²) < 4.78 is 8.15. The molecule has 0 saturated heterocycles. The molecule has 0 atom stereocenters. The van der Waals surface area contributed by atoms with Crippen LogP contribution in [0.2, 0.25) is 0 Å². The first-order valence-corrected chi connectivity index (χ1v) is 13.4. The first-order valence-electron chi connectivity index (χ1n) is 13.4. The van der Waals surface area contributed by atoms with Gasteiger partial charge in [0.25, 0.3) is 5.56 Å². The van der Waals surface area contributed by atoms with Crippen LogP contribution in [0.25, 0.3) is 39.1 Å². The van der Waals surface area contributed by atoms with Gasteiger partial charge in [0.15, 0.2) is 0 Å². The van der Waals surface area contributed by atoms with Crippen LogP contribution in [0.15, 0.2) is 125 Å². The molecule has 6 aromatic rings. The molecular weight excluding hydrogens is 528 g/mol. The molecule has 0 amide bonds. The lowest BCUT2D eigenvalue weighted by atomic mass is 10.1. The van der Waals surface area contributed by atoms with Gasteiger partial charge in [-0.2, -0.15) is 10.1 Å². The van der Waals surface area contributed by atoms with Gasteiger partial charge in [-0.05, 0) is 60.5 Å². The Morgan fingerprint density at radius 3 is 2.21 bits per heavy atom. The molecule has 206 valence electrons. The number of hydrogen-bond acceptors (Lipinski definition) is 6. The van der Waals surface area contributed by atoms with Gasteiger partial charge < -0.3 is 14.4 Å². The Labute approximate surface area is 241 Å². The summed E-state index contributed by atoms with van der Waals surface area (Å²) in [5.41, 5.74) is 5.42. The first-order chi connectivity index (χ1) is 20.5. The summed E-state index contributed by atoms with van der Waals surface area (Å²) in [5.74, 6) is -0.384. The van der Waals surface area contributed by atoms with Crippen molar-refractivity contribution in [2.24, 2.45) is 5.10 Å². The quantitative estimate of drug-likeness (QED) is 0.185. The van der Waals surface area contributed by atoms with Crippen LogP contribution in [0.5, 0.6) is 6.01 Å². The zero-order chi connectivity index (χ0) is 29.1. The van der Waals surface area contributed by atoms with Gasteiger partial charge in [0, 0.05) is 11.3 Å². The highest BCUT2D eigenvalue weighted by molar-refractivity contribution is 5.94. The molecule has 8 heteroatoms.